The van der Waals surface area contributed by atoms with Gasteiger partial charge >= 0.3 is 12.3 Å². The number of carboxylic acid groups (broad SMARTS) is 1. The summed E-state index contributed by atoms with van der Waals surface area (Å²) in [5, 5.41) is 13.7. The number of halogens is 5. The molecule has 13 heteroatoms. The van der Waals surface area contributed by atoms with Crippen LogP contribution in [0.4, 0.5) is 22.0 Å². The molecule has 0 atom stereocenters. The molecule has 0 aliphatic heterocycles. The topological polar surface area (TPSA) is 114 Å². The lowest BCUT2D eigenvalue weighted by Crippen LogP contribution is -2.35. The SMILES string of the molecule is O=C(NCCNC(=O)c1c(F)cc(OC2CCC(C(=O)O)CC2)cc1F)c1ccc(OC(F)(F)F)cc1. The van der Waals surface area contributed by atoms with Crippen molar-refractivity contribution in [2.24, 2.45) is 5.92 Å². The Morgan fingerprint density at radius 1 is 0.865 bits per heavy atom. The number of nitrogens with one attached hydrogen (secondary N) is 2. The number of aliphatic carboxylic acids is 1. The lowest BCUT2D eigenvalue weighted by Gasteiger charge is -2.26. The molecular weight excluding hydrogens is 507 g/mol. The molecule has 0 heterocycles. The maximum absolute atomic E-state index is 14.5. The van der Waals surface area contributed by atoms with E-state index in [2.05, 4.69) is 15.4 Å². The standard InChI is InChI=1S/C24H23F5N2O6/c25-18-11-17(36-15-5-3-14(4-6-15)23(34)35)12-19(26)20(18)22(33)31-10-9-30-21(32)13-1-7-16(8-2-13)37-24(27,28)29/h1-2,7-8,11-12,14-15H,3-6,9-10H2,(H,30,32)(H,31,33)(H,34,35). The number of alkyl halides is 3. The summed E-state index contributed by atoms with van der Waals surface area (Å²) < 4.78 is 74.8. The fraction of sp³-hybridized carbons (Fsp3) is 0.375. The molecule has 1 saturated carbocycles. The summed E-state index contributed by atoms with van der Waals surface area (Å²) in [6, 6.07) is 5.89. The van der Waals surface area contributed by atoms with Gasteiger partial charge in [0.2, 0.25) is 0 Å². The number of hydrogen-bond donors (Lipinski definition) is 3. The maximum atomic E-state index is 14.5. The van der Waals surface area contributed by atoms with E-state index in [4.69, 9.17) is 9.84 Å². The average Bonchev–Trinajstić information content (AvgIpc) is 2.81. The van der Waals surface area contributed by atoms with Crippen LogP contribution in [0.2, 0.25) is 0 Å². The van der Waals surface area contributed by atoms with Crippen LogP contribution in [0.3, 0.4) is 0 Å². The van der Waals surface area contributed by atoms with Gasteiger partial charge in [0.1, 0.15) is 28.7 Å². The van der Waals surface area contributed by atoms with E-state index in [0.717, 1.165) is 36.4 Å². The fourth-order valence-corrected chi connectivity index (χ4v) is 3.81. The van der Waals surface area contributed by atoms with Crippen molar-refractivity contribution in [2.45, 2.75) is 38.1 Å². The van der Waals surface area contributed by atoms with Crippen molar-refractivity contribution < 1.29 is 50.9 Å². The molecule has 0 saturated heterocycles. The second kappa shape index (κ2) is 11.9. The van der Waals surface area contributed by atoms with Gasteiger partial charge in [-0.15, -0.1) is 13.2 Å². The summed E-state index contributed by atoms with van der Waals surface area (Å²) in [5.41, 5.74) is -0.807. The molecule has 0 unspecified atom stereocenters. The highest BCUT2D eigenvalue weighted by Gasteiger charge is 2.31. The number of carbonyl (C=O) groups excluding carboxylic acids is 2. The van der Waals surface area contributed by atoms with Gasteiger partial charge in [-0.25, -0.2) is 8.78 Å². The van der Waals surface area contributed by atoms with E-state index in [1.54, 1.807) is 0 Å². The third-order valence-electron chi connectivity index (χ3n) is 5.62. The first-order valence-corrected chi connectivity index (χ1v) is 11.2. The van der Waals surface area contributed by atoms with Crippen molar-refractivity contribution in [3.8, 4) is 11.5 Å². The first kappa shape index (κ1) is 27.7. The van der Waals surface area contributed by atoms with Gasteiger partial charge in [-0.2, -0.15) is 0 Å². The number of carboxylic acids is 1. The summed E-state index contributed by atoms with van der Waals surface area (Å²) in [7, 11) is 0. The zero-order valence-corrected chi connectivity index (χ0v) is 19.2. The lowest BCUT2D eigenvalue weighted by molar-refractivity contribution is -0.274. The molecule has 200 valence electrons. The van der Waals surface area contributed by atoms with Crippen LogP contribution in [-0.4, -0.2) is 48.4 Å². The predicted octanol–water partition coefficient (Wildman–Crippen LogP) is 4.05. The average molecular weight is 530 g/mol. The Labute approximate surface area is 207 Å². The minimum absolute atomic E-state index is 0.0324. The largest absolute Gasteiger partial charge is 0.573 e. The molecule has 1 aliphatic rings. The Balaban J connectivity index is 1.47. The van der Waals surface area contributed by atoms with Crippen molar-refractivity contribution in [1.29, 1.82) is 0 Å². The van der Waals surface area contributed by atoms with E-state index in [0.29, 0.717) is 25.7 Å². The van der Waals surface area contributed by atoms with Gasteiger partial charge in [-0.05, 0) is 49.9 Å². The molecule has 0 bridgehead atoms. The van der Waals surface area contributed by atoms with Crippen LogP contribution in [0.15, 0.2) is 36.4 Å². The van der Waals surface area contributed by atoms with Crippen LogP contribution < -0.4 is 20.1 Å². The van der Waals surface area contributed by atoms with Crippen LogP contribution in [0.1, 0.15) is 46.4 Å². The molecule has 2 aromatic rings. The molecule has 2 amide bonds. The van der Waals surface area contributed by atoms with Gasteiger partial charge in [0, 0.05) is 30.8 Å². The molecule has 3 rings (SSSR count). The Hall–Kier alpha value is -3.90. The van der Waals surface area contributed by atoms with E-state index < -0.39 is 59.1 Å². The van der Waals surface area contributed by atoms with Crippen LogP contribution in [0.5, 0.6) is 11.5 Å². The molecule has 1 fully saturated rings. The third-order valence-corrected chi connectivity index (χ3v) is 5.62. The van der Waals surface area contributed by atoms with E-state index in [1.165, 1.54) is 0 Å². The van der Waals surface area contributed by atoms with Crippen molar-refractivity contribution in [1.82, 2.24) is 10.6 Å². The van der Waals surface area contributed by atoms with Crippen molar-refractivity contribution in [3.63, 3.8) is 0 Å². The van der Waals surface area contributed by atoms with E-state index in [-0.39, 0.29) is 24.4 Å². The monoisotopic (exact) mass is 530 g/mol. The zero-order valence-electron chi connectivity index (χ0n) is 19.2. The first-order valence-electron chi connectivity index (χ1n) is 11.2. The quantitative estimate of drug-likeness (QED) is 0.333. The number of carbonyl (C=O) groups is 3. The minimum atomic E-state index is -4.86. The Morgan fingerprint density at radius 2 is 1.41 bits per heavy atom. The molecule has 2 aromatic carbocycles. The van der Waals surface area contributed by atoms with Gasteiger partial charge in [0.15, 0.2) is 0 Å². The highest BCUT2D eigenvalue weighted by Crippen LogP contribution is 2.29. The van der Waals surface area contributed by atoms with Gasteiger partial charge < -0.3 is 25.2 Å². The highest BCUT2D eigenvalue weighted by molar-refractivity contribution is 5.95. The number of amides is 2. The molecule has 8 nitrogen and oxygen atoms in total. The second-order valence-electron chi connectivity index (χ2n) is 8.28. The molecule has 3 N–H and O–H groups in total. The maximum Gasteiger partial charge on any atom is 0.573 e. The Bertz CT molecular complexity index is 1110. The first-order chi connectivity index (χ1) is 17.4. The molecule has 37 heavy (non-hydrogen) atoms. The molecule has 0 spiro atoms. The zero-order chi connectivity index (χ0) is 27.2. The van der Waals surface area contributed by atoms with Crippen LogP contribution >= 0.6 is 0 Å². The summed E-state index contributed by atoms with van der Waals surface area (Å²) in [4.78, 5) is 35.3. The summed E-state index contributed by atoms with van der Waals surface area (Å²) in [6.07, 6.45) is -3.65. The Morgan fingerprint density at radius 3 is 1.92 bits per heavy atom. The van der Waals surface area contributed by atoms with Gasteiger partial charge in [0.25, 0.3) is 11.8 Å². The number of ether oxygens (including phenoxy) is 2. The van der Waals surface area contributed by atoms with Crippen LogP contribution in [0.25, 0.3) is 0 Å². The van der Waals surface area contributed by atoms with E-state index in [9.17, 15) is 36.3 Å². The molecule has 1 aliphatic carbocycles. The van der Waals surface area contributed by atoms with Crippen LogP contribution in [-0.2, 0) is 4.79 Å². The highest BCUT2D eigenvalue weighted by atomic mass is 19.4. The summed E-state index contributed by atoms with van der Waals surface area (Å²) >= 11 is 0. The van der Waals surface area contributed by atoms with E-state index >= 15 is 0 Å². The number of rotatable bonds is 9. The minimum Gasteiger partial charge on any atom is -0.490 e. The van der Waals surface area contributed by atoms with Gasteiger partial charge in [-0.1, -0.05) is 0 Å². The number of hydrogen-bond acceptors (Lipinski definition) is 5. The van der Waals surface area contributed by atoms with Gasteiger partial charge in [-0.3, -0.25) is 14.4 Å². The third kappa shape index (κ3) is 8.05. The summed E-state index contributed by atoms with van der Waals surface area (Å²) in [6.45, 7) is -0.321. The van der Waals surface area contributed by atoms with Crippen LogP contribution in [0, 0.1) is 17.6 Å². The predicted molar refractivity (Wildman–Crippen MR) is 118 cm³/mol. The Kier molecular flexibility index (Phi) is 8.90. The smallest absolute Gasteiger partial charge is 0.490 e. The summed E-state index contributed by atoms with van der Waals surface area (Å²) in [5.74, 6) is -6.00. The fourth-order valence-electron chi connectivity index (χ4n) is 3.81. The van der Waals surface area contributed by atoms with Gasteiger partial charge in [0.05, 0.1) is 12.0 Å². The molecule has 0 radical (unpaired) electrons. The molecular formula is C24H23F5N2O6. The number of benzene rings is 2. The lowest BCUT2D eigenvalue weighted by atomic mass is 9.87. The normalized spacial score (nSPS) is 17.5. The van der Waals surface area contributed by atoms with Crippen molar-refractivity contribution >= 4 is 17.8 Å². The second-order valence-corrected chi connectivity index (χ2v) is 8.28. The molecule has 0 aromatic heterocycles. The van der Waals surface area contributed by atoms with E-state index in [1.807, 2.05) is 0 Å². The van der Waals surface area contributed by atoms with Crippen molar-refractivity contribution in [2.75, 3.05) is 13.1 Å². The van der Waals surface area contributed by atoms with Crippen molar-refractivity contribution in [3.05, 3.63) is 59.2 Å².